The van der Waals surface area contributed by atoms with Crippen LogP contribution in [-0.2, 0) is 4.74 Å². The van der Waals surface area contributed by atoms with Gasteiger partial charge in [-0.15, -0.1) is 0 Å². The van der Waals surface area contributed by atoms with Gasteiger partial charge < -0.3 is 9.47 Å². The van der Waals surface area contributed by atoms with Crippen molar-refractivity contribution in [2.24, 2.45) is 0 Å². The van der Waals surface area contributed by atoms with E-state index in [9.17, 15) is 0 Å². The van der Waals surface area contributed by atoms with E-state index in [-0.39, 0.29) is 0 Å². The van der Waals surface area contributed by atoms with Crippen LogP contribution in [0.1, 0.15) is 24.8 Å². The summed E-state index contributed by atoms with van der Waals surface area (Å²) in [6.45, 7) is 7.18. The van der Waals surface area contributed by atoms with Gasteiger partial charge in [0.05, 0.1) is 18.2 Å². The molecule has 0 N–H and O–H groups in total. The third-order valence-electron chi connectivity index (χ3n) is 4.55. The molecule has 2 aromatic carbocycles. The predicted octanol–water partition coefficient (Wildman–Crippen LogP) is 5.61. The zero-order valence-corrected chi connectivity index (χ0v) is 15.9. The highest BCUT2D eigenvalue weighted by atomic mass is 35.5. The van der Waals surface area contributed by atoms with Crippen molar-refractivity contribution in [3.63, 3.8) is 0 Å². The Morgan fingerprint density at radius 3 is 2.48 bits per heavy atom. The van der Waals surface area contributed by atoms with Crippen LogP contribution in [-0.4, -0.2) is 37.7 Å². The molecule has 3 rings (SSSR count). The van der Waals surface area contributed by atoms with Crippen molar-refractivity contribution >= 4 is 23.2 Å². The second-order valence-corrected chi connectivity index (χ2v) is 7.23. The summed E-state index contributed by atoms with van der Waals surface area (Å²) in [6.07, 6.45) is 1.14. The Bertz CT molecular complexity index is 685. The van der Waals surface area contributed by atoms with Crippen molar-refractivity contribution < 1.29 is 9.47 Å². The van der Waals surface area contributed by atoms with Crippen LogP contribution in [0.2, 0.25) is 10.0 Å². The Kier molecular flexibility index (Phi) is 6.60. The predicted molar refractivity (Wildman–Crippen MR) is 103 cm³/mol. The highest BCUT2D eigenvalue weighted by Crippen LogP contribution is 2.32. The second kappa shape index (κ2) is 8.91. The number of nitrogens with zero attached hydrogens (tertiary/aromatic N) is 1. The number of ether oxygens (including phenoxy) is 2. The molecule has 1 fully saturated rings. The normalized spacial score (nSPS) is 16.6. The van der Waals surface area contributed by atoms with Crippen LogP contribution >= 0.6 is 23.2 Å². The zero-order valence-electron chi connectivity index (χ0n) is 14.4. The smallest absolute Gasteiger partial charge is 0.146 e. The van der Waals surface area contributed by atoms with E-state index in [1.165, 1.54) is 5.56 Å². The molecule has 1 heterocycles. The first-order valence-corrected chi connectivity index (χ1v) is 9.40. The minimum Gasteiger partial charge on any atom is -0.456 e. The van der Waals surface area contributed by atoms with Gasteiger partial charge in [0.2, 0.25) is 0 Å². The summed E-state index contributed by atoms with van der Waals surface area (Å²) in [5, 5.41) is 1.11. The molecule has 0 spiro atoms. The second-order valence-electron chi connectivity index (χ2n) is 6.39. The molecule has 134 valence electrons. The van der Waals surface area contributed by atoms with E-state index in [1.807, 2.05) is 12.1 Å². The molecule has 1 aliphatic rings. The summed E-state index contributed by atoms with van der Waals surface area (Å²) in [5.41, 5.74) is 1.32. The fraction of sp³-hybridized carbons (Fsp3) is 0.400. The lowest BCUT2D eigenvalue weighted by atomic mass is 9.97. The summed E-state index contributed by atoms with van der Waals surface area (Å²) in [4.78, 5) is 2.47. The maximum atomic E-state index is 6.15. The lowest BCUT2D eigenvalue weighted by Gasteiger charge is -2.27. The van der Waals surface area contributed by atoms with E-state index in [0.717, 1.165) is 45.0 Å². The van der Waals surface area contributed by atoms with Crippen LogP contribution in [0.4, 0.5) is 0 Å². The topological polar surface area (TPSA) is 21.7 Å². The van der Waals surface area contributed by atoms with Gasteiger partial charge in [-0.3, -0.25) is 4.90 Å². The maximum Gasteiger partial charge on any atom is 0.146 e. The number of hydrogen-bond donors (Lipinski definition) is 0. The van der Waals surface area contributed by atoms with Crippen molar-refractivity contribution in [2.75, 3.05) is 32.8 Å². The van der Waals surface area contributed by atoms with Gasteiger partial charge in [0.1, 0.15) is 11.5 Å². The summed E-state index contributed by atoms with van der Waals surface area (Å²) in [6, 6.07) is 13.5. The van der Waals surface area contributed by atoms with Crippen molar-refractivity contribution in [2.45, 2.75) is 19.3 Å². The number of hydrogen-bond acceptors (Lipinski definition) is 3. The number of rotatable bonds is 6. The van der Waals surface area contributed by atoms with Gasteiger partial charge in [0.15, 0.2) is 0 Å². The molecule has 0 aromatic heterocycles. The minimum atomic E-state index is 0.510. The summed E-state index contributed by atoms with van der Waals surface area (Å²) in [7, 11) is 0. The molecule has 2 aromatic rings. The standard InChI is InChI=1S/C20H23Cl2NO2/c1-15(8-9-23-10-12-24-13-11-23)16-2-5-18(6-3-16)25-20-7-4-17(21)14-19(20)22/h2-7,14-15H,8-13H2,1H3. The molecule has 1 unspecified atom stereocenters. The first kappa shape index (κ1) is 18.5. The van der Waals surface area contributed by atoms with Gasteiger partial charge in [-0.2, -0.15) is 0 Å². The molecule has 0 aliphatic carbocycles. The zero-order chi connectivity index (χ0) is 17.6. The van der Waals surface area contributed by atoms with Crippen LogP contribution in [0.15, 0.2) is 42.5 Å². The van der Waals surface area contributed by atoms with Gasteiger partial charge >= 0.3 is 0 Å². The summed E-state index contributed by atoms with van der Waals surface area (Å²) >= 11 is 12.1. The Morgan fingerprint density at radius 1 is 1.08 bits per heavy atom. The van der Waals surface area contributed by atoms with Crippen LogP contribution in [0.3, 0.4) is 0 Å². The fourth-order valence-corrected chi connectivity index (χ4v) is 3.36. The molecule has 1 aliphatic heterocycles. The molecule has 0 saturated carbocycles. The Balaban J connectivity index is 1.55. The molecule has 5 heteroatoms. The van der Waals surface area contributed by atoms with Crippen LogP contribution in [0.25, 0.3) is 0 Å². The van der Waals surface area contributed by atoms with Gasteiger partial charge in [-0.25, -0.2) is 0 Å². The van der Waals surface area contributed by atoms with E-state index < -0.39 is 0 Å². The molecule has 0 radical (unpaired) electrons. The monoisotopic (exact) mass is 379 g/mol. The molecule has 25 heavy (non-hydrogen) atoms. The molecule has 0 amide bonds. The third-order valence-corrected chi connectivity index (χ3v) is 5.08. The van der Waals surface area contributed by atoms with E-state index in [4.69, 9.17) is 32.7 Å². The molecule has 1 atom stereocenters. The number of morpholine rings is 1. The molecule has 0 bridgehead atoms. The molecular weight excluding hydrogens is 357 g/mol. The van der Waals surface area contributed by atoms with E-state index in [2.05, 4.69) is 24.0 Å². The summed E-state index contributed by atoms with van der Waals surface area (Å²) in [5.74, 6) is 1.89. The first-order chi connectivity index (χ1) is 12.1. The fourth-order valence-electron chi connectivity index (χ4n) is 2.92. The van der Waals surface area contributed by atoms with Crippen LogP contribution in [0, 0.1) is 0 Å². The van der Waals surface area contributed by atoms with Crippen LogP contribution in [0.5, 0.6) is 11.5 Å². The molecule has 3 nitrogen and oxygen atoms in total. The largest absolute Gasteiger partial charge is 0.456 e. The van der Waals surface area contributed by atoms with Crippen LogP contribution < -0.4 is 4.74 Å². The first-order valence-electron chi connectivity index (χ1n) is 8.65. The van der Waals surface area contributed by atoms with Crippen molar-refractivity contribution in [1.29, 1.82) is 0 Å². The highest BCUT2D eigenvalue weighted by Gasteiger charge is 2.13. The van der Waals surface area contributed by atoms with Gasteiger partial charge in [-0.05, 0) is 54.8 Å². The van der Waals surface area contributed by atoms with E-state index in [0.29, 0.717) is 21.7 Å². The average Bonchev–Trinajstić information content (AvgIpc) is 2.63. The van der Waals surface area contributed by atoms with E-state index >= 15 is 0 Å². The number of benzene rings is 2. The van der Waals surface area contributed by atoms with Crippen molar-refractivity contribution in [3.8, 4) is 11.5 Å². The Hall–Kier alpha value is -1.26. The minimum absolute atomic E-state index is 0.510. The van der Waals surface area contributed by atoms with Gasteiger partial charge in [0.25, 0.3) is 0 Å². The van der Waals surface area contributed by atoms with Gasteiger partial charge in [-0.1, -0.05) is 42.3 Å². The maximum absolute atomic E-state index is 6.15. The quantitative estimate of drug-likeness (QED) is 0.650. The molecular formula is C20H23Cl2NO2. The molecule has 1 saturated heterocycles. The lowest BCUT2D eigenvalue weighted by Crippen LogP contribution is -2.37. The van der Waals surface area contributed by atoms with Gasteiger partial charge in [0, 0.05) is 18.1 Å². The Labute approximate surface area is 159 Å². The summed E-state index contributed by atoms with van der Waals surface area (Å²) < 4.78 is 11.2. The third kappa shape index (κ3) is 5.35. The van der Waals surface area contributed by atoms with Crippen molar-refractivity contribution in [3.05, 3.63) is 58.1 Å². The van der Waals surface area contributed by atoms with Crippen molar-refractivity contribution in [1.82, 2.24) is 4.90 Å². The lowest BCUT2D eigenvalue weighted by molar-refractivity contribution is 0.0367. The number of halogens is 2. The highest BCUT2D eigenvalue weighted by molar-refractivity contribution is 6.35. The average molecular weight is 380 g/mol. The Morgan fingerprint density at radius 2 is 1.80 bits per heavy atom. The SMILES string of the molecule is CC(CCN1CCOCC1)c1ccc(Oc2ccc(Cl)cc2Cl)cc1. The van der Waals surface area contributed by atoms with E-state index in [1.54, 1.807) is 18.2 Å².